The molecule has 1 aliphatic carbocycles. The summed E-state index contributed by atoms with van der Waals surface area (Å²) < 4.78 is 0. The second-order valence-electron chi connectivity index (χ2n) is 6.83. The zero-order chi connectivity index (χ0) is 16.8. The zero-order valence-electron chi connectivity index (χ0n) is 14.6. The van der Waals surface area contributed by atoms with E-state index < -0.39 is 5.91 Å². The van der Waals surface area contributed by atoms with Gasteiger partial charge in [-0.1, -0.05) is 55.4 Å². The van der Waals surface area contributed by atoms with Crippen LogP contribution in [-0.2, 0) is 4.79 Å². The van der Waals surface area contributed by atoms with E-state index in [1.54, 1.807) is 0 Å². The summed E-state index contributed by atoms with van der Waals surface area (Å²) in [6.07, 6.45) is 15.5. The van der Waals surface area contributed by atoms with E-state index in [0.29, 0.717) is 0 Å². The number of carbonyl (C=O) groups is 1. The molecule has 0 aromatic rings. The fourth-order valence-electron chi connectivity index (χ4n) is 2.90. The maximum absolute atomic E-state index is 10.8. The van der Waals surface area contributed by atoms with Crippen molar-refractivity contribution >= 4 is 5.91 Å². The predicted octanol–water partition coefficient (Wildman–Crippen LogP) is 5.00. The highest BCUT2D eigenvalue weighted by molar-refractivity contribution is 5.86. The molecule has 0 unspecified atom stereocenters. The molecule has 0 heterocycles. The van der Waals surface area contributed by atoms with Crippen LogP contribution in [0.5, 0.6) is 0 Å². The van der Waals surface area contributed by atoms with E-state index in [0.717, 1.165) is 5.57 Å². The Hall–Kier alpha value is -1.83. The SMILES string of the molecule is CC1=C(/C=C/C(C)=C\C=C\C(C)=C\C(N)=O)C(C)(C)CCC1. The van der Waals surface area contributed by atoms with Crippen molar-refractivity contribution in [3.05, 3.63) is 58.7 Å². The highest BCUT2D eigenvalue weighted by Crippen LogP contribution is 2.40. The Morgan fingerprint density at radius 2 is 1.86 bits per heavy atom. The quantitative estimate of drug-likeness (QED) is 0.563. The third-order valence-corrected chi connectivity index (χ3v) is 4.14. The number of nitrogens with two attached hydrogens (primary N) is 1. The summed E-state index contributed by atoms with van der Waals surface area (Å²) in [6, 6.07) is 0. The third kappa shape index (κ3) is 5.88. The minimum Gasteiger partial charge on any atom is -0.366 e. The van der Waals surface area contributed by atoms with Gasteiger partial charge < -0.3 is 5.73 Å². The van der Waals surface area contributed by atoms with Gasteiger partial charge in [-0.15, -0.1) is 0 Å². The van der Waals surface area contributed by atoms with Gasteiger partial charge in [-0.05, 0) is 56.6 Å². The molecule has 0 bridgehead atoms. The first-order valence-corrected chi connectivity index (χ1v) is 7.93. The first-order chi connectivity index (χ1) is 10.2. The van der Waals surface area contributed by atoms with Gasteiger partial charge in [0.2, 0.25) is 5.91 Å². The maximum Gasteiger partial charge on any atom is 0.241 e. The fraction of sp³-hybridized carbons (Fsp3) is 0.450. The Labute approximate surface area is 135 Å². The van der Waals surface area contributed by atoms with Crippen LogP contribution in [0, 0.1) is 5.41 Å². The van der Waals surface area contributed by atoms with Gasteiger partial charge in [0.25, 0.3) is 0 Å². The van der Waals surface area contributed by atoms with Gasteiger partial charge in [0.1, 0.15) is 0 Å². The molecule has 1 aliphatic rings. The van der Waals surface area contributed by atoms with Crippen molar-refractivity contribution in [3.63, 3.8) is 0 Å². The van der Waals surface area contributed by atoms with Gasteiger partial charge in [-0.2, -0.15) is 0 Å². The number of rotatable bonds is 5. The number of hydrogen-bond acceptors (Lipinski definition) is 1. The zero-order valence-corrected chi connectivity index (χ0v) is 14.6. The van der Waals surface area contributed by atoms with Crippen LogP contribution in [0.25, 0.3) is 0 Å². The summed E-state index contributed by atoms with van der Waals surface area (Å²) in [6.45, 7) is 10.8. The number of allylic oxidation sites excluding steroid dienone is 9. The molecule has 0 fully saturated rings. The largest absolute Gasteiger partial charge is 0.366 e. The molecule has 0 aromatic heterocycles. The third-order valence-electron chi connectivity index (χ3n) is 4.14. The monoisotopic (exact) mass is 299 g/mol. The normalized spacial score (nSPS) is 20.2. The summed E-state index contributed by atoms with van der Waals surface area (Å²) in [5.74, 6) is -0.412. The maximum atomic E-state index is 10.8. The molecule has 2 heteroatoms. The highest BCUT2D eigenvalue weighted by atomic mass is 16.1. The Bertz CT molecular complexity index is 569. The molecule has 120 valence electrons. The molecule has 0 saturated carbocycles. The lowest BCUT2D eigenvalue weighted by Crippen LogP contribution is -2.19. The smallest absolute Gasteiger partial charge is 0.241 e. The molecule has 0 saturated heterocycles. The van der Waals surface area contributed by atoms with Crippen molar-refractivity contribution < 1.29 is 4.79 Å². The van der Waals surface area contributed by atoms with Crippen LogP contribution in [0.15, 0.2) is 58.7 Å². The lowest BCUT2D eigenvalue weighted by atomic mass is 9.72. The van der Waals surface area contributed by atoms with E-state index in [2.05, 4.69) is 39.8 Å². The average Bonchev–Trinajstić information content (AvgIpc) is 2.36. The molecule has 1 amide bonds. The lowest BCUT2D eigenvalue weighted by Gasteiger charge is -2.32. The van der Waals surface area contributed by atoms with Gasteiger partial charge in [-0.3, -0.25) is 4.79 Å². The van der Waals surface area contributed by atoms with Crippen LogP contribution in [0.4, 0.5) is 0 Å². The molecule has 0 atom stereocenters. The van der Waals surface area contributed by atoms with E-state index in [1.165, 1.54) is 42.1 Å². The molecular formula is C20H29NO. The summed E-state index contributed by atoms with van der Waals surface area (Å²) in [5.41, 5.74) is 10.4. The van der Waals surface area contributed by atoms with Gasteiger partial charge in [0.15, 0.2) is 0 Å². The molecular weight excluding hydrogens is 270 g/mol. The topological polar surface area (TPSA) is 43.1 Å². The fourth-order valence-corrected chi connectivity index (χ4v) is 2.90. The number of amides is 1. The minimum absolute atomic E-state index is 0.274. The highest BCUT2D eigenvalue weighted by Gasteiger charge is 2.26. The second-order valence-corrected chi connectivity index (χ2v) is 6.83. The number of hydrogen-bond donors (Lipinski definition) is 1. The van der Waals surface area contributed by atoms with E-state index in [-0.39, 0.29) is 5.41 Å². The van der Waals surface area contributed by atoms with Gasteiger partial charge in [0, 0.05) is 6.08 Å². The average molecular weight is 299 g/mol. The Balaban J connectivity index is 2.79. The summed E-state index contributed by atoms with van der Waals surface area (Å²) in [5, 5.41) is 0. The van der Waals surface area contributed by atoms with Crippen LogP contribution in [0.3, 0.4) is 0 Å². The molecule has 2 N–H and O–H groups in total. The molecule has 1 rings (SSSR count). The van der Waals surface area contributed by atoms with E-state index >= 15 is 0 Å². The summed E-state index contributed by atoms with van der Waals surface area (Å²) >= 11 is 0. The van der Waals surface area contributed by atoms with Crippen LogP contribution < -0.4 is 5.73 Å². The second kappa shape index (κ2) is 7.98. The molecule has 0 aromatic carbocycles. The molecule has 22 heavy (non-hydrogen) atoms. The predicted molar refractivity (Wildman–Crippen MR) is 95.3 cm³/mol. The van der Waals surface area contributed by atoms with Crippen molar-refractivity contribution in [2.75, 3.05) is 0 Å². The van der Waals surface area contributed by atoms with E-state index in [9.17, 15) is 4.79 Å². The Morgan fingerprint density at radius 3 is 2.45 bits per heavy atom. The van der Waals surface area contributed by atoms with Crippen LogP contribution >= 0.6 is 0 Å². The first-order valence-electron chi connectivity index (χ1n) is 7.93. The molecule has 2 nitrogen and oxygen atoms in total. The van der Waals surface area contributed by atoms with Crippen LogP contribution in [0.2, 0.25) is 0 Å². The minimum atomic E-state index is -0.412. The Morgan fingerprint density at radius 1 is 1.18 bits per heavy atom. The number of carbonyl (C=O) groups excluding carboxylic acids is 1. The van der Waals surface area contributed by atoms with E-state index in [4.69, 9.17) is 5.73 Å². The van der Waals surface area contributed by atoms with Crippen molar-refractivity contribution in [1.29, 1.82) is 0 Å². The van der Waals surface area contributed by atoms with Crippen molar-refractivity contribution in [2.45, 2.75) is 53.9 Å². The van der Waals surface area contributed by atoms with Gasteiger partial charge in [-0.25, -0.2) is 0 Å². The van der Waals surface area contributed by atoms with Crippen molar-refractivity contribution in [1.82, 2.24) is 0 Å². The summed E-state index contributed by atoms with van der Waals surface area (Å²) in [7, 11) is 0. The van der Waals surface area contributed by atoms with E-state index in [1.807, 2.05) is 25.2 Å². The standard InChI is InChI=1S/C20H29NO/c1-15(8-6-9-16(2)14-19(21)22)11-12-18-17(3)10-7-13-20(18,4)5/h6,8-9,11-12,14H,7,10,13H2,1-5H3,(H2,21,22)/b9-6+,12-11+,15-8-,16-14+. The van der Waals surface area contributed by atoms with Crippen molar-refractivity contribution in [2.24, 2.45) is 11.1 Å². The summed E-state index contributed by atoms with van der Waals surface area (Å²) in [4.78, 5) is 10.8. The molecule has 0 radical (unpaired) electrons. The molecule has 0 aliphatic heterocycles. The van der Waals surface area contributed by atoms with Crippen molar-refractivity contribution in [3.8, 4) is 0 Å². The first kappa shape index (κ1) is 18.2. The molecule has 0 spiro atoms. The van der Waals surface area contributed by atoms with Crippen LogP contribution in [0.1, 0.15) is 53.9 Å². The number of primary amides is 1. The van der Waals surface area contributed by atoms with Gasteiger partial charge in [0.05, 0.1) is 0 Å². The lowest BCUT2D eigenvalue weighted by molar-refractivity contribution is -0.113. The van der Waals surface area contributed by atoms with Crippen LogP contribution in [-0.4, -0.2) is 5.91 Å². The van der Waals surface area contributed by atoms with Gasteiger partial charge >= 0.3 is 0 Å². The Kier molecular flexibility index (Phi) is 6.61.